The average Bonchev–Trinajstić information content (AvgIpc) is 2.33. The number of halogens is 2. The van der Waals surface area contributed by atoms with E-state index in [4.69, 9.17) is 27.9 Å². The zero-order chi connectivity index (χ0) is 12.8. The molecule has 1 amide bonds. The second kappa shape index (κ2) is 6.74. The van der Waals surface area contributed by atoms with Gasteiger partial charge in [0.2, 0.25) is 0 Å². The summed E-state index contributed by atoms with van der Waals surface area (Å²) in [5.41, 5.74) is 0.254. The molecule has 0 aromatic carbocycles. The maximum absolute atomic E-state index is 12.1. The molecule has 0 bridgehead atoms. The molecule has 1 aromatic rings. The van der Waals surface area contributed by atoms with E-state index >= 15 is 0 Å². The number of hydrogen-bond donors (Lipinski definition) is 0. The van der Waals surface area contributed by atoms with Gasteiger partial charge in [-0.05, 0) is 13.0 Å². The van der Waals surface area contributed by atoms with Gasteiger partial charge in [-0.15, -0.1) is 10.2 Å². The Kier molecular flexibility index (Phi) is 5.61. The number of methoxy groups -OCH3 is 1. The van der Waals surface area contributed by atoms with Gasteiger partial charge < -0.3 is 9.64 Å². The van der Waals surface area contributed by atoms with E-state index in [0.717, 1.165) is 0 Å². The van der Waals surface area contributed by atoms with Crippen LogP contribution in [0, 0.1) is 0 Å². The number of carbonyl (C=O) groups is 1. The van der Waals surface area contributed by atoms with Crippen LogP contribution in [0.15, 0.2) is 6.07 Å². The quantitative estimate of drug-likeness (QED) is 0.825. The van der Waals surface area contributed by atoms with E-state index in [9.17, 15) is 4.79 Å². The highest BCUT2D eigenvalue weighted by Crippen LogP contribution is 2.17. The van der Waals surface area contributed by atoms with E-state index in [-0.39, 0.29) is 21.8 Å². The first-order chi connectivity index (χ1) is 8.10. The SMILES string of the molecule is CCN(CCOC)C(=O)c1cc(Cl)nnc1Cl. The van der Waals surface area contributed by atoms with Crippen LogP contribution in [0.2, 0.25) is 10.3 Å². The van der Waals surface area contributed by atoms with Crippen LogP contribution in [0.3, 0.4) is 0 Å². The van der Waals surface area contributed by atoms with Crippen molar-refractivity contribution in [3.8, 4) is 0 Å². The van der Waals surface area contributed by atoms with Crippen LogP contribution in [0.4, 0.5) is 0 Å². The van der Waals surface area contributed by atoms with Gasteiger partial charge in [0.25, 0.3) is 5.91 Å². The lowest BCUT2D eigenvalue weighted by molar-refractivity contribution is 0.0706. The highest BCUT2D eigenvalue weighted by Gasteiger charge is 2.18. The van der Waals surface area contributed by atoms with Crippen molar-refractivity contribution in [1.82, 2.24) is 15.1 Å². The van der Waals surface area contributed by atoms with Crippen LogP contribution >= 0.6 is 23.2 Å². The lowest BCUT2D eigenvalue weighted by Crippen LogP contribution is -2.34. The van der Waals surface area contributed by atoms with Crippen molar-refractivity contribution in [3.63, 3.8) is 0 Å². The smallest absolute Gasteiger partial charge is 0.257 e. The molecule has 0 atom stereocenters. The molecule has 0 radical (unpaired) electrons. The zero-order valence-electron chi connectivity index (χ0n) is 9.61. The lowest BCUT2D eigenvalue weighted by Gasteiger charge is -2.20. The number of carbonyl (C=O) groups excluding carboxylic acids is 1. The summed E-state index contributed by atoms with van der Waals surface area (Å²) in [6.45, 7) is 3.38. The van der Waals surface area contributed by atoms with Crippen LogP contribution < -0.4 is 0 Å². The number of aromatic nitrogens is 2. The Balaban J connectivity index is 2.89. The molecule has 1 aromatic heterocycles. The molecular formula is C10H13Cl2N3O2. The number of likely N-dealkylation sites (N-methyl/N-ethyl adjacent to an activating group) is 1. The standard InChI is InChI=1S/C10H13Cl2N3O2/c1-3-15(4-5-17-2)10(16)7-6-8(11)13-14-9(7)12/h6H,3-5H2,1-2H3. The second-order valence-electron chi connectivity index (χ2n) is 3.25. The predicted molar refractivity (Wildman–Crippen MR) is 65.5 cm³/mol. The van der Waals surface area contributed by atoms with Gasteiger partial charge in [-0.25, -0.2) is 0 Å². The zero-order valence-corrected chi connectivity index (χ0v) is 11.1. The summed E-state index contributed by atoms with van der Waals surface area (Å²) < 4.78 is 4.93. The van der Waals surface area contributed by atoms with Crippen LogP contribution in [-0.2, 0) is 4.74 Å². The molecule has 0 aliphatic heterocycles. The lowest BCUT2D eigenvalue weighted by atomic mass is 10.2. The van der Waals surface area contributed by atoms with E-state index in [2.05, 4.69) is 10.2 Å². The summed E-state index contributed by atoms with van der Waals surface area (Å²) in [5.74, 6) is -0.230. The van der Waals surface area contributed by atoms with E-state index in [0.29, 0.717) is 19.7 Å². The first-order valence-corrected chi connectivity index (χ1v) is 5.82. The molecular weight excluding hydrogens is 265 g/mol. The summed E-state index contributed by atoms with van der Waals surface area (Å²) >= 11 is 11.5. The van der Waals surface area contributed by atoms with E-state index in [1.807, 2.05) is 6.92 Å². The van der Waals surface area contributed by atoms with Crippen molar-refractivity contribution >= 4 is 29.1 Å². The topological polar surface area (TPSA) is 55.3 Å². The number of hydrogen-bond acceptors (Lipinski definition) is 4. The van der Waals surface area contributed by atoms with Gasteiger partial charge in [0.15, 0.2) is 10.3 Å². The Morgan fingerprint density at radius 2 is 2.18 bits per heavy atom. The highest BCUT2D eigenvalue weighted by atomic mass is 35.5. The van der Waals surface area contributed by atoms with Crippen molar-refractivity contribution < 1.29 is 9.53 Å². The molecule has 0 saturated carbocycles. The number of amides is 1. The first-order valence-electron chi connectivity index (χ1n) is 5.07. The van der Waals surface area contributed by atoms with Crippen molar-refractivity contribution in [2.24, 2.45) is 0 Å². The van der Waals surface area contributed by atoms with E-state index in [1.165, 1.54) is 6.07 Å². The fourth-order valence-corrected chi connectivity index (χ4v) is 1.60. The summed E-state index contributed by atoms with van der Waals surface area (Å²) in [5, 5.41) is 7.35. The molecule has 5 nitrogen and oxygen atoms in total. The predicted octanol–water partition coefficient (Wildman–Crippen LogP) is 1.89. The minimum atomic E-state index is -0.230. The van der Waals surface area contributed by atoms with Crippen molar-refractivity contribution in [3.05, 3.63) is 21.9 Å². The van der Waals surface area contributed by atoms with Crippen LogP contribution in [0.1, 0.15) is 17.3 Å². The molecule has 0 N–H and O–H groups in total. The summed E-state index contributed by atoms with van der Waals surface area (Å²) in [7, 11) is 1.58. The highest BCUT2D eigenvalue weighted by molar-refractivity contribution is 6.34. The van der Waals surface area contributed by atoms with Crippen molar-refractivity contribution in [2.45, 2.75) is 6.92 Å². The van der Waals surface area contributed by atoms with Crippen molar-refractivity contribution in [2.75, 3.05) is 26.8 Å². The first kappa shape index (κ1) is 14.2. The molecule has 0 aliphatic carbocycles. The molecule has 1 rings (SSSR count). The minimum Gasteiger partial charge on any atom is -0.383 e. The number of ether oxygens (including phenoxy) is 1. The molecule has 0 unspecified atom stereocenters. The molecule has 0 fully saturated rings. The van der Waals surface area contributed by atoms with Gasteiger partial charge in [0.05, 0.1) is 12.2 Å². The third-order valence-corrected chi connectivity index (χ3v) is 2.65. The molecule has 7 heteroatoms. The molecule has 1 heterocycles. The Hall–Kier alpha value is -0.910. The summed E-state index contributed by atoms with van der Waals surface area (Å²) in [4.78, 5) is 13.7. The molecule has 0 aliphatic rings. The molecule has 0 saturated heterocycles. The Bertz CT molecular complexity index is 401. The van der Waals surface area contributed by atoms with Gasteiger partial charge in [-0.3, -0.25) is 4.79 Å². The second-order valence-corrected chi connectivity index (χ2v) is 3.99. The third-order valence-electron chi connectivity index (χ3n) is 2.18. The Morgan fingerprint density at radius 3 is 2.76 bits per heavy atom. The fraction of sp³-hybridized carbons (Fsp3) is 0.500. The Labute approximate surface area is 110 Å². The normalized spacial score (nSPS) is 10.4. The largest absolute Gasteiger partial charge is 0.383 e. The summed E-state index contributed by atoms with van der Waals surface area (Å²) in [6, 6.07) is 1.41. The van der Waals surface area contributed by atoms with E-state index < -0.39 is 0 Å². The van der Waals surface area contributed by atoms with Gasteiger partial charge in [0, 0.05) is 20.2 Å². The Morgan fingerprint density at radius 1 is 1.47 bits per heavy atom. The van der Waals surface area contributed by atoms with Crippen LogP contribution in [-0.4, -0.2) is 47.8 Å². The maximum atomic E-state index is 12.1. The third kappa shape index (κ3) is 3.80. The van der Waals surface area contributed by atoms with Gasteiger partial charge in [-0.2, -0.15) is 0 Å². The number of nitrogens with zero attached hydrogens (tertiary/aromatic N) is 3. The monoisotopic (exact) mass is 277 g/mol. The fourth-order valence-electron chi connectivity index (χ4n) is 1.28. The average molecular weight is 278 g/mol. The van der Waals surface area contributed by atoms with E-state index in [1.54, 1.807) is 12.0 Å². The number of rotatable bonds is 5. The van der Waals surface area contributed by atoms with Gasteiger partial charge >= 0.3 is 0 Å². The molecule has 17 heavy (non-hydrogen) atoms. The molecule has 0 spiro atoms. The van der Waals surface area contributed by atoms with Gasteiger partial charge in [-0.1, -0.05) is 23.2 Å². The maximum Gasteiger partial charge on any atom is 0.257 e. The van der Waals surface area contributed by atoms with Crippen LogP contribution in [0.5, 0.6) is 0 Å². The van der Waals surface area contributed by atoms with Crippen molar-refractivity contribution in [1.29, 1.82) is 0 Å². The summed E-state index contributed by atoms with van der Waals surface area (Å²) in [6.07, 6.45) is 0. The van der Waals surface area contributed by atoms with Gasteiger partial charge in [0.1, 0.15) is 0 Å². The minimum absolute atomic E-state index is 0.0512. The van der Waals surface area contributed by atoms with Crippen LogP contribution in [0.25, 0.3) is 0 Å². The molecule has 94 valence electrons.